The fourth-order valence-corrected chi connectivity index (χ4v) is 3.62. The van der Waals surface area contributed by atoms with Crippen molar-refractivity contribution in [2.24, 2.45) is 0 Å². The number of rotatable bonds is 8. The first-order valence-corrected chi connectivity index (χ1v) is 11.0. The van der Waals surface area contributed by atoms with E-state index in [1.807, 2.05) is 25.1 Å². The van der Waals surface area contributed by atoms with Crippen LogP contribution in [0.4, 0.5) is 10.1 Å². The molecule has 5 nitrogen and oxygen atoms in total. The smallest absolute Gasteiger partial charge is 0.146 e. The Hall–Kier alpha value is -3.25. The van der Waals surface area contributed by atoms with Gasteiger partial charge in [-0.15, -0.1) is 0 Å². The standard InChI is InChI=1S/C26H32FN5/c1-6-22(16-26(27)20(4)30-19(3)24-17-28-21(5)29-18-24)23-9-8-10-25(15-23)32-13-11-31(7-2)12-14-32/h6,8-10,15-18,30H,3-4,7,11-14H2,1-2,5H3/b22-6+,26-16+. The van der Waals surface area contributed by atoms with Gasteiger partial charge in [-0.2, -0.15) is 0 Å². The topological polar surface area (TPSA) is 44.3 Å². The molecule has 168 valence electrons. The highest BCUT2D eigenvalue weighted by Gasteiger charge is 2.16. The Bertz CT molecular complexity index is 1010. The molecule has 2 aromatic rings. The van der Waals surface area contributed by atoms with E-state index in [0.29, 0.717) is 17.1 Å². The SMILES string of the molecule is C=C(NC(=C)c1cnc(C)nc1)/C(F)=C\C(=C/C)c1cccc(N2CCN(CC)CC2)c1. The maximum Gasteiger partial charge on any atom is 0.146 e. The number of hydrogen-bond acceptors (Lipinski definition) is 5. The van der Waals surface area contributed by atoms with Crippen LogP contribution in [0.1, 0.15) is 30.8 Å². The summed E-state index contributed by atoms with van der Waals surface area (Å²) >= 11 is 0. The number of halogens is 1. The molecule has 0 saturated carbocycles. The summed E-state index contributed by atoms with van der Waals surface area (Å²) in [6, 6.07) is 8.27. The Morgan fingerprint density at radius 3 is 2.44 bits per heavy atom. The van der Waals surface area contributed by atoms with Gasteiger partial charge < -0.3 is 15.1 Å². The van der Waals surface area contributed by atoms with Gasteiger partial charge in [-0.1, -0.05) is 38.3 Å². The average Bonchev–Trinajstić information content (AvgIpc) is 2.82. The maximum atomic E-state index is 15.0. The summed E-state index contributed by atoms with van der Waals surface area (Å²) in [7, 11) is 0. The molecule has 0 spiro atoms. The minimum atomic E-state index is -0.450. The molecule has 3 rings (SSSR count). The van der Waals surface area contributed by atoms with E-state index >= 15 is 0 Å². The van der Waals surface area contributed by atoms with Crippen LogP contribution < -0.4 is 10.2 Å². The van der Waals surface area contributed by atoms with E-state index in [9.17, 15) is 4.39 Å². The second kappa shape index (κ2) is 10.9. The van der Waals surface area contributed by atoms with Crippen molar-refractivity contribution in [3.05, 3.63) is 90.4 Å². The summed E-state index contributed by atoms with van der Waals surface area (Å²) < 4.78 is 15.0. The molecular weight excluding hydrogens is 401 g/mol. The minimum Gasteiger partial charge on any atom is -0.369 e. The van der Waals surface area contributed by atoms with Gasteiger partial charge in [0.15, 0.2) is 0 Å². The zero-order valence-electron chi connectivity index (χ0n) is 19.2. The highest BCUT2D eigenvalue weighted by atomic mass is 19.1. The molecule has 1 aliphatic rings. The summed E-state index contributed by atoms with van der Waals surface area (Å²) in [6.45, 7) is 18.9. The van der Waals surface area contributed by atoms with Gasteiger partial charge in [0.25, 0.3) is 0 Å². The summed E-state index contributed by atoms with van der Waals surface area (Å²) in [5, 5.41) is 2.92. The Balaban J connectivity index is 1.70. The first-order valence-electron chi connectivity index (χ1n) is 11.0. The van der Waals surface area contributed by atoms with Gasteiger partial charge in [0.05, 0.1) is 5.70 Å². The lowest BCUT2D eigenvalue weighted by atomic mass is 10.0. The molecule has 6 heteroatoms. The molecule has 0 amide bonds. The molecule has 0 aliphatic carbocycles. The van der Waals surface area contributed by atoms with Crippen molar-refractivity contribution in [3.63, 3.8) is 0 Å². The Morgan fingerprint density at radius 1 is 1.12 bits per heavy atom. The Kier molecular flexibility index (Phi) is 7.95. The number of hydrogen-bond donors (Lipinski definition) is 1. The van der Waals surface area contributed by atoms with E-state index in [2.05, 4.69) is 57.3 Å². The number of anilines is 1. The van der Waals surface area contributed by atoms with E-state index < -0.39 is 5.83 Å². The fourth-order valence-electron chi connectivity index (χ4n) is 3.62. The van der Waals surface area contributed by atoms with Crippen LogP contribution in [-0.4, -0.2) is 47.6 Å². The third-order valence-electron chi connectivity index (χ3n) is 5.68. The number of nitrogens with zero attached hydrogens (tertiary/aromatic N) is 4. The molecule has 0 bridgehead atoms. The monoisotopic (exact) mass is 433 g/mol. The van der Waals surface area contributed by atoms with Crippen molar-refractivity contribution in [3.8, 4) is 0 Å². The van der Waals surface area contributed by atoms with Crippen molar-refractivity contribution in [1.29, 1.82) is 0 Å². The molecule has 32 heavy (non-hydrogen) atoms. The number of allylic oxidation sites excluding steroid dienone is 4. The van der Waals surface area contributed by atoms with Gasteiger partial charge in [0.2, 0.25) is 0 Å². The van der Waals surface area contributed by atoms with Crippen LogP contribution >= 0.6 is 0 Å². The fraction of sp³-hybridized carbons (Fsp3) is 0.308. The number of benzene rings is 1. The van der Waals surface area contributed by atoms with Gasteiger partial charge in [-0.05, 0) is 49.7 Å². The first-order chi connectivity index (χ1) is 15.4. The van der Waals surface area contributed by atoms with Gasteiger partial charge in [-0.25, -0.2) is 14.4 Å². The van der Waals surface area contributed by atoms with Crippen molar-refractivity contribution in [2.75, 3.05) is 37.6 Å². The second-order valence-corrected chi connectivity index (χ2v) is 7.81. The van der Waals surface area contributed by atoms with Gasteiger partial charge in [0.1, 0.15) is 11.7 Å². The molecule has 1 aromatic carbocycles. The molecule has 0 unspecified atom stereocenters. The summed E-state index contributed by atoms with van der Waals surface area (Å²) in [4.78, 5) is 13.1. The van der Waals surface area contributed by atoms with E-state index in [1.54, 1.807) is 19.3 Å². The molecule has 1 aromatic heterocycles. The highest BCUT2D eigenvalue weighted by Crippen LogP contribution is 2.26. The zero-order chi connectivity index (χ0) is 23.1. The molecule has 2 heterocycles. The van der Waals surface area contributed by atoms with Crippen LogP contribution in [0, 0.1) is 6.92 Å². The molecular formula is C26H32FN5. The molecule has 1 aliphatic heterocycles. The molecule has 0 radical (unpaired) electrons. The molecule has 0 atom stereocenters. The average molecular weight is 434 g/mol. The number of aromatic nitrogens is 2. The number of nitrogens with one attached hydrogen (secondary N) is 1. The quantitative estimate of drug-likeness (QED) is 0.596. The Labute approximate surface area is 190 Å². The Morgan fingerprint density at radius 2 is 1.81 bits per heavy atom. The van der Waals surface area contributed by atoms with E-state index in [4.69, 9.17) is 0 Å². The van der Waals surface area contributed by atoms with E-state index in [-0.39, 0.29) is 5.70 Å². The third-order valence-corrected chi connectivity index (χ3v) is 5.68. The van der Waals surface area contributed by atoms with Crippen LogP contribution in [-0.2, 0) is 0 Å². The number of aryl methyl sites for hydroxylation is 1. The number of likely N-dealkylation sites (N-methyl/N-ethyl adjacent to an activating group) is 1. The molecule has 1 fully saturated rings. The van der Waals surface area contributed by atoms with Crippen LogP contribution in [0.15, 0.2) is 73.5 Å². The second-order valence-electron chi connectivity index (χ2n) is 7.81. The summed E-state index contributed by atoms with van der Waals surface area (Å²) in [5.74, 6) is 0.216. The van der Waals surface area contributed by atoms with Gasteiger partial charge in [-0.3, -0.25) is 0 Å². The van der Waals surface area contributed by atoms with Crippen LogP contribution in [0.5, 0.6) is 0 Å². The lowest BCUT2D eigenvalue weighted by Gasteiger charge is -2.35. The number of piperazine rings is 1. The van der Waals surface area contributed by atoms with Crippen molar-refractivity contribution < 1.29 is 4.39 Å². The summed E-state index contributed by atoms with van der Waals surface area (Å²) in [5.41, 5.74) is 4.25. The highest BCUT2D eigenvalue weighted by molar-refractivity contribution is 5.77. The van der Waals surface area contributed by atoms with Gasteiger partial charge in [0, 0.05) is 55.5 Å². The van der Waals surface area contributed by atoms with Crippen LogP contribution in [0.3, 0.4) is 0 Å². The first kappa shape index (κ1) is 23.4. The minimum absolute atomic E-state index is 0.141. The van der Waals surface area contributed by atoms with Crippen molar-refractivity contribution in [2.45, 2.75) is 20.8 Å². The van der Waals surface area contributed by atoms with Crippen molar-refractivity contribution >= 4 is 17.0 Å². The van der Waals surface area contributed by atoms with Crippen molar-refractivity contribution in [1.82, 2.24) is 20.2 Å². The predicted molar refractivity (Wildman–Crippen MR) is 132 cm³/mol. The molecule has 1 saturated heterocycles. The largest absolute Gasteiger partial charge is 0.369 e. The predicted octanol–water partition coefficient (Wildman–Crippen LogP) is 4.96. The van der Waals surface area contributed by atoms with E-state index in [1.165, 1.54) is 6.08 Å². The lowest BCUT2D eigenvalue weighted by Crippen LogP contribution is -2.46. The normalized spacial score (nSPS) is 15.6. The third kappa shape index (κ3) is 5.92. The summed E-state index contributed by atoms with van der Waals surface area (Å²) in [6.07, 6.45) is 6.71. The lowest BCUT2D eigenvalue weighted by molar-refractivity contribution is 0.271. The van der Waals surface area contributed by atoms with Gasteiger partial charge >= 0.3 is 0 Å². The maximum absolute atomic E-state index is 15.0. The van der Waals surface area contributed by atoms with E-state index in [0.717, 1.165) is 49.5 Å². The van der Waals surface area contributed by atoms with Crippen LogP contribution in [0.2, 0.25) is 0 Å². The molecule has 1 N–H and O–H groups in total. The zero-order valence-corrected chi connectivity index (χ0v) is 19.2. The van der Waals surface area contributed by atoms with Crippen LogP contribution in [0.25, 0.3) is 11.3 Å².